The largest absolute Gasteiger partial charge is 0.463 e. The predicted molar refractivity (Wildman–Crippen MR) is 241 cm³/mol. The molecular weight excluding hydrogens is 821 g/mol. The van der Waals surface area contributed by atoms with Crippen LogP contribution in [0.1, 0.15) is 136 Å². The molecule has 3 fully saturated rings. The second-order valence-corrected chi connectivity index (χ2v) is 20.5. The lowest BCUT2D eigenvalue weighted by Crippen LogP contribution is -2.55. The topological polar surface area (TPSA) is 174 Å². The Balaban J connectivity index is 0.963. The third-order valence-electron chi connectivity index (χ3n) is 15.2. The molecular formula is C51H70O11S. The van der Waals surface area contributed by atoms with Gasteiger partial charge in [-0.05, 0) is 151 Å². The molecule has 1 aromatic rings. The van der Waals surface area contributed by atoms with Gasteiger partial charge in [0.25, 0.3) is 0 Å². The lowest BCUT2D eigenvalue weighted by Gasteiger charge is -2.54. The fourth-order valence-electron chi connectivity index (χ4n) is 11.6. The molecule has 6 rings (SSSR count). The van der Waals surface area contributed by atoms with Crippen molar-refractivity contribution < 1.29 is 53.5 Å². The van der Waals surface area contributed by atoms with E-state index in [-0.39, 0.29) is 65.5 Å². The number of carbonyl (C=O) groups is 5. The van der Waals surface area contributed by atoms with Gasteiger partial charge in [-0.15, -0.1) is 0 Å². The van der Waals surface area contributed by atoms with Crippen LogP contribution in [0.4, 0.5) is 4.79 Å². The lowest BCUT2D eigenvalue weighted by molar-refractivity contribution is -0.163. The molecule has 3 saturated carbocycles. The number of hydrogen-bond donors (Lipinski definition) is 3. The fourth-order valence-corrected chi connectivity index (χ4v) is 12.3. The van der Waals surface area contributed by atoms with Crippen molar-refractivity contribution in [3.05, 3.63) is 71.3 Å². The highest BCUT2D eigenvalue weighted by Gasteiger charge is 2.64. The first-order valence-corrected chi connectivity index (χ1v) is 24.5. The zero-order valence-electron chi connectivity index (χ0n) is 37.8. The first kappa shape index (κ1) is 48.9. The molecule has 0 saturated heterocycles. The Bertz CT molecular complexity index is 1890. The van der Waals surface area contributed by atoms with Gasteiger partial charge in [0.15, 0.2) is 12.4 Å². The summed E-state index contributed by atoms with van der Waals surface area (Å²) in [7, 11) is 0. The quantitative estimate of drug-likeness (QED) is 0.0493. The first-order valence-electron chi connectivity index (χ1n) is 23.5. The number of aliphatic hydroxyl groups excluding tert-OH is 2. The molecule has 3 N–H and O–H groups in total. The molecule has 63 heavy (non-hydrogen) atoms. The molecule has 0 bridgehead atoms. The van der Waals surface area contributed by atoms with E-state index in [4.69, 9.17) is 14.2 Å². The minimum Gasteiger partial charge on any atom is -0.463 e. The Labute approximate surface area is 377 Å². The van der Waals surface area contributed by atoms with Gasteiger partial charge < -0.3 is 29.5 Å². The summed E-state index contributed by atoms with van der Waals surface area (Å²) in [6.07, 6.45) is 15.6. The number of benzene rings is 1. The number of allylic oxidation sites excluding steroid dienone is 6. The second-order valence-electron chi connectivity index (χ2n) is 19.5. The van der Waals surface area contributed by atoms with E-state index in [0.29, 0.717) is 77.0 Å². The van der Waals surface area contributed by atoms with Crippen molar-refractivity contribution in [1.29, 1.82) is 0 Å². The first-order chi connectivity index (χ1) is 30.0. The Morgan fingerprint density at radius 2 is 1.68 bits per heavy atom. The van der Waals surface area contributed by atoms with E-state index in [9.17, 15) is 39.3 Å². The maximum Gasteiger partial charge on any atom is 0.367 e. The van der Waals surface area contributed by atoms with Gasteiger partial charge in [-0.3, -0.25) is 19.2 Å². The summed E-state index contributed by atoms with van der Waals surface area (Å²) in [5, 5.41) is 33.3. The molecule has 0 heterocycles. The van der Waals surface area contributed by atoms with E-state index >= 15 is 0 Å². The number of carbonyl (C=O) groups excluding carboxylic acids is 5. The predicted octanol–water partition coefficient (Wildman–Crippen LogP) is 8.75. The van der Waals surface area contributed by atoms with Gasteiger partial charge in [0.1, 0.15) is 11.7 Å². The van der Waals surface area contributed by atoms with E-state index in [2.05, 4.69) is 13.0 Å². The van der Waals surface area contributed by atoms with Crippen LogP contribution in [0.2, 0.25) is 0 Å². The number of hydrogen-bond acceptors (Lipinski definition) is 12. The molecule has 0 aliphatic heterocycles. The molecule has 0 radical (unpaired) electrons. The van der Waals surface area contributed by atoms with E-state index < -0.39 is 53.0 Å². The minimum absolute atomic E-state index is 0.0955. The smallest absolute Gasteiger partial charge is 0.367 e. The molecule has 10 atom stereocenters. The molecule has 346 valence electrons. The summed E-state index contributed by atoms with van der Waals surface area (Å²) in [6.45, 7) is 7.36. The zero-order valence-corrected chi connectivity index (χ0v) is 38.6. The van der Waals surface area contributed by atoms with Crippen LogP contribution in [0.25, 0.3) is 0 Å². The highest BCUT2D eigenvalue weighted by Crippen LogP contribution is 2.65. The molecule has 2 unspecified atom stereocenters. The van der Waals surface area contributed by atoms with E-state index in [0.717, 1.165) is 36.6 Å². The van der Waals surface area contributed by atoms with E-state index in [1.807, 2.05) is 69.3 Å². The van der Waals surface area contributed by atoms with Crippen molar-refractivity contribution in [3.63, 3.8) is 0 Å². The number of ether oxygens (including phenoxy) is 3. The normalized spacial score (nSPS) is 31.7. The van der Waals surface area contributed by atoms with Crippen molar-refractivity contribution >= 4 is 40.6 Å². The number of unbranched alkanes of at least 4 members (excludes halogenated alkanes) is 1. The van der Waals surface area contributed by atoms with Crippen LogP contribution in [0.3, 0.4) is 0 Å². The van der Waals surface area contributed by atoms with Crippen LogP contribution < -0.4 is 0 Å². The number of thioether (sulfide) groups is 1. The summed E-state index contributed by atoms with van der Waals surface area (Å²) in [5.74, 6) is -1.03. The average Bonchev–Trinajstić information content (AvgIpc) is 3.68. The van der Waals surface area contributed by atoms with Crippen molar-refractivity contribution in [3.8, 4) is 0 Å². The summed E-state index contributed by atoms with van der Waals surface area (Å²) >= 11 is 0.875. The lowest BCUT2D eigenvalue weighted by atomic mass is 9.50. The van der Waals surface area contributed by atoms with Crippen LogP contribution in [0.5, 0.6) is 0 Å². The maximum atomic E-state index is 13.7. The molecule has 5 aliphatic rings. The van der Waals surface area contributed by atoms with Crippen molar-refractivity contribution in [2.75, 3.05) is 12.4 Å². The molecule has 0 amide bonds. The van der Waals surface area contributed by atoms with Gasteiger partial charge in [-0.2, -0.15) is 0 Å². The molecule has 11 nitrogen and oxygen atoms in total. The number of fused-ring (bicyclic) bond motifs is 5. The van der Waals surface area contributed by atoms with Crippen LogP contribution in [-0.2, 0) is 39.8 Å². The summed E-state index contributed by atoms with van der Waals surface area (Å²) < 4.78 is 16.6. The third-order valence-corrected chi connectivity index (χ3v) is 16.0. The van der Waals surface area contributed by atoms with Crippen LogP contribution in [0.15, 0.2) is 65.8 Å². The Morgan fingerprint density at radius 3 is 2.44 bits per heavy atom. The Kier molecular flexibility index (Phi) is 16.8. The standard InChI is InChI=1S/C51H70O11S/c1-33(2)61-47(57)15-11-6-5-10-14-38-39(44(54)31-43(38)53)21-19-37(18-16-34-12-8-7-9-13-34)62-48(58)63-29-25-46(56)60-32-45(55)51(59)28-24-42-40-20-17-35-30-36(52)22-26-49(35,3)41(40)23-27-50(42,51)4/h5,7-10,12-13,23,30,33,37-40,42-44,53-54,59H,6,11,14-22,24-29,31-32H2,1-4H3/b10-5-/t37-,38+,39+,40+,42-,43-,44+,49?,50?,51-/m0/s1. The van der Waals surface area contributed by atoms with Crippen LogP contribution >= 0.6 is 11.8 Å². The van der Waals surface area contributed by atoms with Crippen molar-refractivity contribution in [2.24, 2.45) is 34.5 Å². The van der Waals surface area contributed by atoms with Gasteiger partial charge in [0, 0.05) is 29.4 Å². The van der Waals surface area contributed by atoms with Gasteiger partial charge in [0.2, 0.25) is 5.78 Å². The highest BCUT2D eigenvalue weighted by atomic mass is 32.2. The third kappa shape index (κ3) is 11.6. The Morgan fingerprint density at radius 1 is 0.921 bits per heavy atom. The van der Waals surface area contributed by atoms with E-state index in [1.54, 1.807) is 0 Å². The molecule has 12 heteroatoms. The summed E-state index contributed by atoms with van der Waals surface area (Å²) in [6, 6.07) is 9.91. The number of aliphatic hydroxyl groups is 3. The van der Waals surface area contributed by atoms with Gasteiger partial charge in [-0.1, -0.05) is 73.6 Å². The summed E-state index contributed by atoms with van der Waals surface area (Å²) in [4.78, 5) is 63.8. The van der Waals surface area contributed by atoms with Crippen molar-refractivity contribution in [2.45, 2.75) is 167 Å². The van der Waals surface area contributed by atoms with Crippen LogP contribution in [0, 0.1) is 34.5 Å². The maximum absolute atomic E-state index is 13.7. The number of esters is 2. The van der Waals surface area contributed by atoms with Gasteiger partial charge >= 0.3 is 17.2 Å². The molecule has 0 spiro atoms. The fraction of sp³-hybridized carbons (Fsp3) is 0.667. The molecule has 1 aromatic carbocycles. The number of Topliss-reactive ketones (excluding diaryl/α,β-unsaturated/α-hetero) is 1. The minimum atomic E-state index is -1.62. The number of aryl methyl sites for hydroxylation is 1. The van der Waals surface area contributed by atoms with Gasteiger partial charge in [0.05, 0.1) is 24.7 Å². The SMILES string of the molecule is CC(C)OC(=O)CCC/C=C\C[C@@H]1[C@@H](CC[C@H](CCc2ccccc2)OC(=O)SCCC(=O)OCC(=O)[C@@]2(O)CC[C@H]3[C@@H]4CCC5=CC(=O)CCC5(C)C4=CCC32C)[C@H](O)C[C@@H]1O. The highest BCUT2D eigenvalue weighted by molar-refractivity contribution is 8.13. The summed E-state index contributed by atoms with van der Waals surface area (Å²) in [5.41, 5.74) is 1.21. The molecule has 5 aliphatic carbocycles. The average molecular weight is 891 g/mol. The monoisotopic (exact) mass is 890 g/mol. The number of ketones is 2. The zero-order chi connectivity index (χ0) is 45.4. The van der Waals surface area contributed by atoms with E-state index in [1.165, 1.54) is 11.1 Å². The van der Waals surface area contributed by atoms with Gasteiger partial charge in [-0.25, -0.2) is 4.79 Å². The van der Waals surface area contributed by atoms with Crippen LogP contribution in [-0.4, -0.2) is 86.5 Å². The Hall–Kier alpha value is -3.58. The van der Waals surface area contributed by atoms with Crippen molar-refractivity contribution in [1.82, 2.24) is 0 Å². The number of rotatable bonds is 20. The second kappa shape index (κ2) is 21.6. The molecule has 0 aromatic heterocycles.